The molecule has 0 saturated carbocycles. The van der Waals surface area contributed by atoms with Crippen molar-refractivity contribution >= 4 is 33.9 Å². The summed E-state index contributed by atoms with van der Waals surface area (Å²) in [4.78, 5) is 13.2. The van der Waals surface area contributed by atoms with Crippen molar-refractivity contribution in [2.24, 2.45) is 0 Å². The Balaban J connectivity index is 1.77. The smallest absolute Gasteiger partial charge is 0.287 e. The van der Waals surface area contributed by atoms with Gasteiger partial charge in [0.2, 0.25) is 0 Å². The molecule has 2 aromatic heterocycles. The van der Waals surface area contributed by atoms with Crippen molar-refractivity contribution in [3.05, 3.63) is 51.9 Å². The Morgan fingerprint density at radius 3 is 2.95 bits per heavy atom. The minimum atomic E-state index is -0.215. The number of aryl methyl sites for hydroxylation is 1. The average molecular weight is 286 g/mol. The molecule has 0 unspecified atom stereocenters. The summed E-state index contributed by atoms with van der Waals surface area (Å²) in [6, 6.07) is 9.06. The largest absolute Gasteiger partial charge is 0.451 e. The first-order valence-corrected chi connectivity index (χ1v) is 7.12. The van der Waals surface area contributed by atoms with E-state index in [-0.39, 0.29) is 5.91 Å². The second-order valence-corrected chi connectivity index (χ2v) is 5.62. The number of nitrogens with one attached hydrogen (secondary N) is 1. The molecule has 0 fully saturated rings. The molecular weight excluding hydrogens is 272 g/mol. The summed E-state index contributed by atoms with van der Waals surface area (Å²) in [5.74, 6) is 0.0902. The van der Waals surface area contributed by atoms with Crippen LogP contribution in [0, 0.1) is 6.92 Å². The van der Waals surface area contributed by atoms with E-state index < -0.39 is 0 Å². The van der Waals surface area contributed by atoms with Gasteiger partial charge in [-0.1, -0.05) is 0 Å². The molecule has 20 heavy (non-hydrogen) atoms. The van der Waals surface area contributed by atoms with Crippen LogP contribution < -0.4 is 11.1 Å². The molecule has 102 valence electrons. The number of benzene rings is 1. The molecule has 5 heteroatoms. The fraction of sp³-hybridized carbons (Fsp3) is 0.133. The molecule has 2 heterocycles. The first-order valence-electron chi connectivity index (χ1n) is 6.24. The van der Waals surface area contributed by atoms with Crippen molar-refractivity contribution in [2.75, 3.05) is 5.73 Å². The summed E-state index contributed by atoms with van der Waals surface area (Å²) >= 11 is 1.63. The van der Waals surface area contributed by atoms with Gasteiger partial charge in [0.25, 0.3) is 5.91 Å². The molecule has 0 aliphatic heterocycles. The Kier molecular flexibility index (Phi) is 3.20. The highest BCUT2D eigenvalue weighted by molar-refractivity contribution is 7.10. The van der Waals surface area contributed by atoms with E-state index in [0.717, 1.165) is 10.3 Å². The van der Waals surface area contributed by atoms with Gasteiger partial charge in [0, 0.05) is 16.0 Å². The summed E-state index contributed by atoms with van der Waals surface area (Å²) in [7, 11) is 0. The number of hydrogen-bond donors (Lipinski definition) is 2. The number of anilines is 1. The number of carbonyl (C=O) groups excluding carboxylic acids is 1. The van der Waals surface area contributed by atoms with Crippen LogP contribution in [-0.2, 0) is 6.54 Å². The first kappa shape index (κ1) is 12.7. The van der Waals surface area contributed by atoms with Crippen LogP contribution >= 0.6 is 11.3 Å². The van der Waals surface area contributed by atoms with E-state index in [1.165, 1.54) is 5.56 Å². The van der Waals surface area contributed by atoms with Crippen LogP contribution in [0.25, 0.3) is 11.0 Å². The van der Waals surface area contributed by atoms with Crippen molar-refractivity contribution in [2.45, 2.75) is 13.5 Å². The number of carbonyl (C=O) groups is 1. The maximum absolute atomic E-state index is 12.1. The third-order valence-electron chi connectivity index (χ3n) is 3.14. The van der Waals surface area contributed by atoms with E-state index >= 15 is 0 Å². The van der Waals surface area contributed by atoms with E-state index in [4.69, 9.17) is 10.2 Å². The van der Waals surface area contributed by atoms with Crippen LogP contribution in [-0.4, -0.2) is 5.91 Å². The number of nitrogens with two attached hydrogens (primary N) is 1. The van der Waals surface area contributed by atoms with Crippen molar-refractivity contribution in [3.63, 3.8) is 0 Å². The quantitative estimate of drug-likeness (QED) is 0.726. The summed E-state index contributed by atoms with van der Waals surface area (Å²) in [5.41, 5.74) is 8.21. The zero-order valence-electron chi connectivity index (χ0n) is 11.0. The van der Waals surface area contributed by atoms with Gasteiger partial charge in [-0.2, -0.15) is 0 Å². The number of amides is 1. The summed E-state index contributed by atoms with van der Waals surface area (Å²) in [6.45, 7) is 2.55. The predicted octanol–water partition coefficient (Wildman–Crippen LogP) is 3.31. The fourth-order valence-electron chi connectivity index (χ4n) is 2.01. The molecule has 4 nitrogen and oxygen atoms in total. The third-order valence-corrected chi connectivity index (χ3v) is 4.16. The molecule has 1 amide bonds. The summed E-state index contributed by atoms with van der Waals surface area (Å²) < 4.78 is 5.52. The van der Waals surface area contributed by atoms with Crippen LogP contribution in [0.5, 0.6) is 0 Å². The zero-order valence-corrected chi connectivity index (χ0v) is 11.8. The molecule has 3 rings (SSSR count). The highest BCUT2D eigenvalue weighted by Gasteiger charge is 2.12. The Morgan fingerprint density at radius 2 is 2.20 bits per heavy atom. The Bertz CT molecular complexity index is 773. The van der Waals surface area contributed by atoms with Crippen LogP contribution in [0.15, 0.2) is 40.1 Å². The van der Waals surface area contributed by atoms with Gasteiger partial charge >= 0.3 is 0 Å². The molecule has 0 spiro atoms. The normalized spacial score (nSPS) is 10.8. The van der Waals surface area contributed by atoms with Crippen LogP contribution in [0.1, 0.15) is 21.0 Å². The number of hydrogen-bond acceptors (Lipinski definition) is 4. The van der Waals surface area contributed by atoms with E-state index in [0.29, 0.717) is 23.6 Å². The fourth-order valence-corrected chi connectivity index (χ4v) is 2.85. The number of fused-ring (bicyclic) bond motifs is 1. The van der Waals surface area contributed by atoms with E-state index in [1.54, 1.807) is 35.6 Å². The maximum Gasteiger partial charge on any atom is 0.287 e. The molecule has 0 aliphatic carbocycles. The van der Waals surface area contributed by atoms with Crippen LogP contribution in [0.4, 0.5) is 5.69 Å². The molecule has 1 aromatic carbocycles. The lowest BCUT2D eigenvalue weighted by molar-refractivity contribution is 0.0925. The lowest BCUT2D eigenvalue weighted by Crippen LogP contribution is -2.22. The van der Waals surface area contributed by atoms with Crippen molar-refractivity contribution < 1.29 is 9.21 Å². The van der Waals surface area contributed by atoms with E-state index in [2.05, 4.69) is 5.32 Å². The average Bonchev–Trinajstić information content (AvgIpc) is 3.01. The van der Waals surface area contributed by atoms with Gasteiger partial charge in [-0.3, -0.25) is 4.79 Å². The highest BCUT2D eigenvalue weighted by Crippen LogP contribution is 2.22. The first-order chi connectivity index (χ1) is 9.63. The van der Waals surface area contributed by atoms with E-state index in [1.807, 2.05) is 18.4 Å². The van der Waals surface area contributed by atoms with Gasteiger partial charge in [0.1, 0.15) is 5.58 Å². The summed E-state index contributed by atoms with van der Waals surface area (Å²) in [6.07, 6.45) is 0. The Morgan fingerprint density at radius 1 is 1.35 bits per heavy atom. The topological polar surface area (TPSA) is 68.3 Å². The minimum absolute atomic E-state index is 0.215. The molecule has 0 saturated heterocycles. The standard InChI is InChI=1S/C15H14N2O2S/c1-9-4-5-20-14(9)8-17-15(18)13-7-10-6-11(16)2-3-12(10)19-13/h2-7H,8,16H2,1H3,(H,17,18). The molecule has 0 aliphatic rings. The van der Waals surface area contributed by atoms with Gasteiger partial charge < -0.3 is 15.5 Å². The second kappa shape index (κ2) is 5.02. The number of rotatable bonds is 3. The lowest BCUT2D eigenvalue weighted by Gasteiger charge is -2.01. The molecule has 0 radical (unpaired) electrons. The SMILES string of the molecule is Cc1ccsc1CNC(=O)c1cc2cc(N)ccc2o1. The van der Waals surface area contributed by atoms with Crippen molar-refractivity contribution in [1.29, 1.82) is 0 Å². The maximum atomic E-state index is 12.1. The third kappa shape index (κ3) is 2.40. The van der Waals surface area contributed by atoms with Crippen LogP contribution in [0.2, 0.25) is 0 Å². The van der Waals surface area contributed by atoms with Crippen molar-refractivity contribution in [3.8, 4) is 0 Å². The Hall–Kier alpha value is -2.27. The van der Waals surface area contributed by atoms with Gasteiger partial charge in [0.05, 0.1) is 6.54 Å². The van der Waals surface area contributed by atoms with Gasteiger partial charge in [-0.25, -0.2) is 0 Å². The number of furan rings is 1. The monoisotopic (exact) mass is 286 g/mol. The molecule has 0 atom stereocenters. The molecular formula is C15H14N2O2S. The van der Waals surface area contributed by atoms with Gasteiger partial charge in [-0.15, -0.1) is 11.3 Å². The minimum Gasteiger partial charge on any atom is -0.451 e. The summed E-state index contributed by atoms with van der Waals surface area (Å²) in [5, 5.41) is 5.71. The Labute approximate surface area is 120 Å². The number of thiophene rings is 1. The predicted molar refractivity (Wildman–Crippen MR) is 80.9 cm³/mol. The van der Waals surface area contributed by atoms with Crippen LogP contribution in [0.3, 0.4) is 0 Å². The van der Waals surface area contributed by atoms with Crippen molar-refractivity contribution in [1.82, 2.24) is 5.32 Å². The van der Waals surface area contributed by atoms with E-state index in [9.17, 15) is 4.79 Å². The number of nitrogen functional groups attached to an aromatic ring is 1. The zero-order chi connectivity index (χ0) is 14.1. The molecule has 3 N–H and O–H groups in total. The van der Waals surface area contributed by atoms with Gasteiger partial charge in [0.15, 0.2) is 5.76 Å². The second-order valence-electron chi connectivity index (χ2n) is 4.62. The highest BCUT2D eigenvalue weighted by atomic mass is 32.1. The lowest BCUT2D eigenvalue weighted by atomic mass is 10.2. The molecule has 0 bridgehead atoms. The van der Waals surface area contributed by atoms with Gasteiger partial charge in [-0.05, 0) is 48.2 Å². The molecule has 3 aromatic rings.